The summed E-state index contributed by atoms with van der Waals surface area (Å²) < 4.78 is 26.6. The Kier molecular flexibility index (Phi) is 6.67. The molecule has 1 aromatic rings. The van der Waals surface area contributed by atoms with Crippen molar-refractivity contribution in [1.29, 1.82) is 0 Å². The molecule has 3 N–H and O–H groups in total. The van der Waals surface area contributed by atoms with Crippen LogP contribution >= 0.6 is 12.4 Å². The van der Waals surface area contributed by atoms with Crippen LogP contribution in [0.2, 0.25) is 0 Å². The molecule has 20 heavy (non-hydrogen) atoms. The lowest BCUT2D eigenvalue weighted by atomic mass is 10.00. The lowest BCUT2D eigenvalue weighted by Gasteiger charge is -2.22. The molecule has 2 amide bonds. The predicted molar refractivity (Wildman–Crippen MR) is 76.2 cm³/mol. The van der Waals surface area contributed by atoms with Crippen LogP contribution in [0.25, 0.3) is 0 Å². The van der Waals surface area contributed by atoms with E-state index in [1.165, 1.54) is 6.07 Å². The van der Waals surface area contributed by atoms with Gasteiger partial charge in [-0.15, -0.1) is 12.4 Å². The van der Waals surface area contributed by atoms with Crippen LogP contribution < -0.4 is 16.0 Å². The summed E-state index contributed by atoms with van der Waals surface area (Å²) in [4.78, 5) is 11.6. The highest BCUT2D eigenvalue weighted by Crippen LogP contribution is 2.17. The van der Waals surface area contributed by atoms with E-state index < -0.39 is 23.4 Å². The first-order valence-electron chi connectivity index (χ1n) is 6.36. The maximum absolute atomic E-state index is 13.3. The Bertz CT molecular complexity index is 433. The second-order valence-corrected chi connectivity index (χ2v) is 4.64. The quantitative estimate of drug-likeness (QED) is 0.804. The van der Waals surface area contributed by atoms with Gasteiger partial charge in [0.2, 0.25) is 0 Å². The van der Waals surface area contributed by atoms with Crippen LogP contribution in [-0.2, 0) is 0 Å². The number of carbonyl (C=O) groups is 1. The van der Waals surface area contributed by atoms with Crippen molar-refractivity contribution in [3.05, 3.63) is 29.8 Å². The number of rotatable bonds is 3. The summed E-state index contributed by atoms with van der Waals surface area (Å²) in [7, 11) is 0. The van der Waals surface area contributed by atoms with Crippen LogP contribution in [0.5, 0.6) is 0 Å². The van der Waals surface area contributed by atoms with Gasteiger partial charge in [0.15, 0.2) is 0 Å². The van der Waals surface area contributed by atoms with Gasteiger partial charge in [0.05, 0.1) is 0 Å². The first-order valence-corrected chi connectivity index (χ1v) is 6.36. The largest absolute Gasteiger partial charge is 0.338 e. The molecule has 1 atom stereocenters. The second kappa shape index (κ2) is 8.01. The summed E-state index contributed by atoms with van der Waals surface area (Å²) in [5.74, 6) is -1.20. The van der Waals surface area contributed by atoms with Gasteiger partial charge in [-0.3, -0.25) is 0 Å². The number of anilines is 1. The Morgan fingerprint density at radius 1 is 1.35 bits per heavy atom. The molecular formula is C13H18ClF2N3O. The van der Waals surface area contributed by atoms with Gasteiger partial charge in [-0.1, -0.05) is 6.07 Å². The second-order valence-electron chi connectivity index (χ2n) is 4.64. The van der Waals surface area contributed by atoms with Crippen molar-refractivity contribution in [2.24, 2.45) is 5.92 Å². The van der Waals surface area contributed by atoms with Crippen LogP contribution in [0.1, 0.15) is 12.8 Å². The molecule has 0 aliphatic carbocycles. The summed E-state index contributed by atoms with van der Waals surface area (Å²) in [5, 5.41) is 8.06. The van der Waals surface area contributed by atoms with Crippen molar-refractivity contribution in [1.82, 2.24) is 10.6 Å². The standard InChI is InChI=1S/C13H17F2N3O.ClH/c14-10-4-1-5-11(15)12(10)18-13(19)17-8-9-3-2-6-16-7-9;/h1,4-5,9,16H,2-3,6-8H2,(H2,17,18,19);1H/t9-;/m1./s1. The fourth-order valence-electron chi connectivity index (χ4n) is 2.11. The lowest BCUT2D eigenvalue weighted by Crippen LogP contribution is -2.39. The minimum absolute atomic E-state index is 0. The van der Waals surface area contributed by atoms with Crippen LogP contribution in [0, 0.1) is 17.6 Å². The summed E-state index contributed by atoms with van der Waals surface area (Å²) in [5.41, 5.74) is -0.415. The molecule has 0 spiro atoms. The normalized spacial score (nSPS) is 18.0. The number of urea groups is 1. The first kappa shape index (κ1) is 16.7. The van der Waals surface area contributed by atoms with Gasteiger partial charge in [0.25, 0.3) is 0 Å². The molecule has 0 bridgehead atoms. The number of carbonyl (C=O) groups excluding carboxylic acids is 1. The number of hydrogen-bond donors (Lipinski definition) is 3. The zero-order valence-electron chi connectivity index (χ0n) is 10.9. The Balaban J connectivity index is 0.00000200. The Morgan fingerprint density at radius 3 is 2.65 bits per heavy atom. The number of nitrogens with one attached hydrogen (secondary N) is 3. The number of benzene rings is 1. The van der Waals surface area contributed by atoms with Gasteiger partial charge in [0, 0.05) is 6.54 Å². The Morgan fingerprint density at radius 2 is 2.05 bits per heavy atom. The minimum atomic E-state index is -0.783. The molecule has 1 heterocycles. The van der Waals surface area contributed by atoms with Crippen molar-refractivity contribution in [2.75, 3.05) is 25.0 Å². The van der Waals surface area contributed by atoms with Crippen molar-refractivity contribution in [3.8, 4) is 0 Å². The average molecular weight is 306 g/mol. The van der Waals surface area contributed by atoms with E-state index >= 15 is 0 Å². The number of hydrogen-bond acceptors (Lipinski definition) is 2. The summed E-state index contributed by atoms with van der Waals surface area (Å²) in [6.45, 7) is 2.35. The molecule has 1 fully saturated rings. The van der Waals surface area contributed by atoms with E-state index in [-0.39, 0.29) is 12.4 Å². The molecule has 2 rings (SSSR count). The minimum Gasteiger partial charge on any atom is -0.338 e. The summed E-state index contributed by atoms with van der Waals surface area (Å²) in [6.07, 6.45) is 2.12. The molecule has 0 radical (unpaired) electrons. The lowest BCUT2D eigenvalue weighted by molar-refractivity contribution is 0.248. The zero-order valence-corrected chi connectivity index (χ0v) is 11.7. The fourth-order valence-corrected chi connectivity index (χ4v) is 2.11. The van der Waals surface area contributed by atoms with Crippen molar-refractivity contribution < 1.29 is 13.6 Å². The highest BCUT2D eigenvalue weighted by Gasteiger charge is 2.15. The van der Waals surface area contributed by atoms with E-state index in [2.05, 4.69) is 16.0 Å². The van der Waals surface area contributed by atoms with Crippen molar-refractivity contribution >= 4 is 24.1 Å². The number of para-hydroxylation sites is 1. The number of amides is 2. The highest BCUT2D eigenvalue weighted by molar-refractivity contribution is 5.89. The number of piperidine rings is 1. The Labute approximate surface area is 122 Å². The van der Waals surface area contributed by atoms with Crippen LogP contribution in [0.4, 0.5) is 19.3 Å². The molecule has 1 aliphatic rings. The van der Waals surface area contributed by atoms with E-state index in [0.717, 1.165) is 38.1 Å². The molecule has 4 nitrogen and oxygen atoms in total. The predicted octanol–water partition coefficient (Wildman–Crippen LogP) is 2.51. The third-order valence-electron chi connectivity index (χ3n) is 3.15. The van der Waals surface area contributed by atoms with Gasteiger partial charge < -0.3 is 16.0 Å². The van der Waals surface area contributed by atoms with Crippen LogP contribution in [-0.4, -0.2) is 25.7 Å². The molecular weight excluding hydrogens is 288 g/mol. The van der Waals surface area contributed by atoms with Gasteiger partial charge in [-0.25, -0.2) is 13.6 Å². The molecule has 1 aliphatic heterocycles. The summed E-state index contributed by atoms with van der Waals surface area (Å²) in [6, 6.07) is 2.86. The monoisotopic (exact) mass is 305 g/mol. The van der Waals surface area contributed by atoms with Gasteiger partial charge >= 0.3 is 6.03 Å². The van der Waals surface area contributed by atoms with Crippen LogP contribution in [0.15, 0.2) is 18.2 Å². The molecule has 0 aromatic heterocycles. The maximum atomic E-state index is 13.3. The Hall–Kier alpha value is -1.40. The van der Waals surface area contributed by atoms with Crippen molar-refractivity contribution in [2.45, 2.75) is 12.8 Å². The average Bonchev–Trinajstić information content (AvgIpc) is 2.42. The van der Waals surface area contributed by atoms with Gasteiger partial charge in [0.1, 0.15) is 17.3 Å². The van der Waals surface area contributed by atoms with E-state index in [1.54, 1.807) is 0 Å². The smallest absolute Gasteiger partial charge is 0.319 e. The fraction of sp³-hybridized carbons (Fsp3) is 0.462. The van der Waals surface area contributed by atoms with Crippen LogP contribution in [0.3, 0.4) is 0 Å². The zero-order chi connectivity index (χ0) is 13.7. The van der Waals surface area contributed by atoms with Crippen molar-refractivity contribution in [3.63, 3.8) is 0 Å². The number of halogens is 3. The molecule has 1 saturated heterocycles. The molecule has 7 heteroatoms. The maximum Gasteiger partial charge on any atom is 0.319 e. The first-order chi connectivity index (χ1) is 9.16. The van der Waals surface area contributed by atoms with Gasteiger partial charge in [-0.2, -0.15) is 0 Å². The van der Waals surface area contributed by atoms with E-state index in [1.807, 2.05) is 0 Å². The van der Waals surface area contributed by atoms with Gasteiger partial charge in [-0.05, 0) is 44.0 Å². The van der Waals surface area contributed by atoms with E-state index in [4.69, 9.17) is 0 Å². The topological polar surface area (TPSA) is 53.2 Å². The third kappa shape index (κ3) is 4.61. The summed E-state index contributed by atoms with van der Waals surface area (Å²) >= 11 is 0. The molecule has 112 valence electrons. The molecule has 0 unspecified atom stereocenters. The SMILES string of the molecule is Cl.O=C(NC[C@@H]1CCCNC1)Nc1c(F)cccc1F. The van der Waals surface area contributed by atoms with E-state index in [0.29, 0.717) is 12.5 Å². The highest BCUT2D eigenvalue weighted by atomic mass is 35.5. The molecule has 0 saturated carbocycles. The molecule has 1 aromatic carbocycles. The van der Waals surface area contributed by atoms with E-state index in [9.17, 15) is 13.6 Å². The third-order valence-corrected chi connectivity index (χ3v) is 3.15.